The summed E-state index contributed by atoms with van der Waals surface area (Å²) in [5.74, 6) is 0.506. The van der Waals surface area contributed by atoms with Gasteiger partial charge < -0.3 is 0 Å². The summed E-state index contributed by atoms with van der Waals surface area (Å²) < 4.78 is 1.22. The summed E-state index contributed by atoms with van der Waals surface area (Å²) in [6.07, 6.45) is 2.97. The molecule has 3 aromatic heterocycles. The number of rotatable bonds is 3. The summed E-state index contributed by atoms with van der Waals surface area (Å²) in [6, 6.07) is 3.60. The molecule has 0 fully saturated rings. The molecule has 3 heterocycles. The highest BCUT2D eigenvalue weighted by Crippen LogP contribution is 2.41. The minimum Gasteiger partial charge on any atom is -0.291 e. The third kappa shape index (κ3) is 3.03. The van der Waals surface area contributed by atoms with Crippen molar-refractivity contribution >= 4 is 38.7 Å². The average Bonchev–Trinajstić information content (AvgIpc) is 3.23. The average molecular weight is 388 g/mol. The fourth-order valence-electron chi connectivity index (χ4n) is 3.62. The molecule has 0 saturated carbocycles. The Balaban J connectivity index is 1.71. The maximum Gasteiger partial charge on any atom is 0.279 e. The fraction of sp³-hybridized carbons (Fsp3) is 0.474. The molecule has 1 aliphatic carbocycles. The van der Waals surface area contributed by atoms with Gasteiger partial charge >= 0.3 is 0 Å². The summed E-state index contributed by atoms with van der Waals surface area (Å²) in [5.41, 5.74) is 1.20. The van der Waals surface area contributed by atoms with Gasteiger partial charge in [-0.3, -0.25) is 9.59 Å². The second-order valence-electron chi connectivity index (χ2n) is 7.94. The minimum atomic E-state index is -0.188. The van der Waals surface area contributed by atoms with Crippen LogP contribution in [0.2, 0.25) is 0 Å². The summed E-state index contributed by atoms with van der Waals surface area (Å²) >= 11 is 2.96. The van der Waals surface area contributed by atoms with Crippen molar-refractivity contribution in [2.75, 3.05) is 0 Å². The molecule has 0 spiro atoms. The van der Waals surface area contributed by atoms with E-state index in [-0.39, 0.29) is 23.3 Å². The zero-order chi connectivity index (χ0) is 18.5. The van der Waals surface area contributed by atoms with Crippen LogP contribution < -0.4 is 5.56 Å². The van der Waals surface area contributed by atoms with Gasteiger partial charge in [0.25, 0.3) is 5.56 Å². The highest BCUT2D eigenvalue weighted by atomic mass is 32.1. The third-order valence-electron chi connectivity index (χ3n) is 5.25. The summed E-state index contributed by atoms with van der Waals surface area (Å²) in [5, 5.41) is 10.8. The van der Waals surface area contributed by atoms with Gasteiger partial charge in [-0.1, -0.05) is 32.1 Å². The predicted molar refractivity (Wildman–Crippen MR) is 105 cm³/mol. The summed E-state index contributed by atoms with van der Waals surface area (Å²) in [4.78, 5) is 27.9. The molecule has 1 aliphatic rings. The molecule has 0 aromatic carbocycles. The van der Waals surface area contributed by atoms with Gasteiger partial charge in [-0.2, -0.15) is 0 Å². The van der Waals surface area contributed by atoms with Crippen LogP contribution in [0.25, 0.3) is 10.2 Å². The molecular weight excluding hydrogens is 366 g/mol. The van der Waals surface area contributed by atoms with E-state index in [0.29, 0.717) is 21.0 Å². The van der Waals surface area contributed by atoms with Gasteiger partial charge in [-0.25, -0.2) is 4.68 Å². The predicted octanol–water partition coefficient (Wildman–Crippen LogP) is 3.95. The number of thiophene rings is 2. The Hall–Kier alpha value is -1.86. The van der Waals surface area contributed by atoms with E-state index in [1.807, 2.05) is 11.4 Å². The van der Waals surface area contributed by atoms with Gasteiger partial charge in [0.2, 0.25) is 0 Å². The lowest BCUT2D eigenvalue weighted by atomic mass is 9.72. The number of carbonyl (C=O) groups is 1. The number of fused-ring (bicyclic) bond motifs is 3. The lowest BCUT2D eigenvalue weighted by Crippen LogP contribution is -2.29. The molecule has 0 radical (unpaired) electrons. The Labute approximate surface area is 159 Å². The van der Waals surface area contributed by atoms with Crippen molar-refractivity contribution in [1.82, 2.24) is 15.0 Å². The SMILES string of the molecule is CC(C)(C)C1CCc2c(sc3nnn(CC(=O)c4cccs4)c(=O)c23)C1. The van der Waals surface area contributed by atoms with E-state index in [1.54, 1.807) is 17.4 Å². The Kier molecular flexibility index (Phi) is 4.31. The largest absolute Gasteiger partial charge is 0.291 e. The van der Waals surface area contributed by atoms with Gasteiger partial charge in [0.1, 0.15) is 6.54 Å². The van der Waals surface area contributed by atoms with Gasteiger partial charge in [-0.15, -0.1) is 27.8 Å². The van der Waals surface area contributed by atoms with Gasteiger partial charge in [-0.05, 0) is 47.6 Å². The number of hydrogen-bond donors (Lipinski definition) is 0. The molecule has 1 atom stereocenters. The number of ketones is 1. The fourth-order valence-corrected chi connectivity index (χ4v) is 5.51. The van der Waals surface area contributed by atoms with Crippen molar-refractivity contribution in [1.29, 1.82) is 0 Å². The van der Waals surface area contributed by atoms with Crippen LogP contribution in [0.4, 0.5) is 0 Å². The molecule has 136 valence electrons. The second-order valence-corrected chi connectivity index (χ2v) is 9.97. The van der Waals surface area contributed by atoms with Gasteiger partial charge in [0.15, 0.2) is 10.6 Å². The molecule has 5 nitrogen and oxygen atoms in total. The second kappa shape index (κ2) is 6.39. The molecule has 7 heteroatoms. The molecule has 0 N–H and O–H groups in total. The highest BCUT2D eigenvalue weighted by Gasteiger charge is 2.32. The maximum atomic E-state index is 13.0. The van der Waals surface area contributed by atoms with Crippen molar-refractivity contribution in [3.05, 3.63) is 43.2 Å². The van der Waals surface area contributed by atoms with E-state index in [2.05, 4.69) is 31.1 Å². The highest BCUT2D eigenvalue weighted by molar-refractivity contribution is 7.18. The van der Waals surface area contributed by atoms with Crippen molar-refractivity contribution in [2.24, 2.45) is 11.3 Å². The minimum absolute atomic E-state index is 0.0580. The molecule has 0 bridgehead atoms. The standard InChI is InChI=1S/C19H21N3O2S2/c1-19(2,3)11-6-7-12-15(9-11)26-17-16(12)18(24)22(21-20-17)10-13(23)14-5-4-8-25-14/h4-5,8,11H,6-7,9-10H2,1-3H3. The van der Waals surface area contributed by atoms with Crippen LogP contribution in [0, 0.1) is 11.3 Å². The van der Waals surface area contributed by atoms with Crippen LogP contribution in [0.1, 0.15) is 47.3 Å². The molecular formula is C19H21N3O2S2. The van der Waals surface area contributed by atoms with E-state index in [4.69, 9.17) is 0 Å². The summed E-state index contributed by atoms with van der Waals surface area (Å²) in [6.45, 7) is 6.77. The van der Waals surface area contributed by atoms with Crippen molar-refractivity contribution in [3.8, 4) is 0 Å². The van der Waals surface area contributed by atoms with E-state index >= 15 is 0 Å². The zero-order valence-corrected chi connectivity index (χ0v) is 16.7. The topological polar surface area (TPSA) is 64.8 Å². The number of Topliss-reactive ketones (excluding diaryl/α,β-unsaturated/α-hetero) is 1. The molecule has 0 saturated heterocycles. The van der Waals surface area contributed by atoms with Gasteiger partial charge in [0, 0.05) is 4.88 Å². The van der Waals surface area contributed by atoms with Crippen LogP contribution in [0.5, 0.6) is 0 Å². The first-order chi connectivity index (χ1) is 12.3. The normalized spacial score (nSPS) is 17.4. The molecule has 26 heavy (non-hydrogen) atoms. The Morgan fingerprint density at radius 1 is 1.38 bits per heavy atom. The maximum absolute atomic E-state index is 13.0. The molecule has 0 amide bonds. The van der Waals surface area contributed by atoms with Crippen molar-refractivity contribution in [2.45, 2.75) is 46.6 Å². The van der Waals surface area contributed by atoms with Crippen molar-refractivity contribution in [3.63, 3.8) is 0 Å². The van der Waals surface area contributed by atoms with E-state index < -0.39 is 0 Å². The third-order valence-corrected chi connectivity index (χ3v) is 7.30. The van der Waals surface area contributed by atoms with Crippen LogP contribution in [-0.4, -0.2) is 20.8 Å². The molecule has 4 rings (SSSR count). The van der Waals surface area contributed by atoms with Crippen molar-refractivity contribution < 1.29 is 4.79 Å². The number of aromatic nitrogens is 3. The van der Waals surface area contributed by atoms with Crippen LogP contribution >= 0.6 is 22.7 Å². The number of aryl methyl sites for hydroxylation is 1. The first-order valence-electron chi connectivity index (χ1n) is 8.79. The van der Waals surface area contributed by atoms with Crippen LogP contribution in [-0.2, 0) is 19.4 Å². The first kappa shape index (κ1) is 17.5. The summed E-state index contributed by atoms with van der Waals surface area (Å²) in [7, 11) is 0. The lowest BCUT2D eigenvalue weighted by molar-refractivity contribution is 0.0968. The smallest absolute Gasteiger partial charge is 0.279 e. The van der Waals surface area contributed by atoms with Crippen LogP contribution in [0.15, 0.2) is 22.3 Å². The van der Waals surface area contributed by atoms with Gasteiger partial charge in [0.05, 0.1) is 10.3 Å². The first-order valence-corrected chi connectivity index (χ1v) is 10.5. The number of nitrogens with zero attached hydrogens (tertiary/aromatic N) is 3. The quantitative estimate of drug-likeness (QED) is 0.638. The monoisotopic (exact) mass is 387 g/mol. The number of hydrogen-bond acceptors (Lipinski definition) is 6. The van der Waals surface area contributed by atoms with E-state index in [9.17, 15) is 9.59 Å². The Morgan fingerprint density at radius 2 is 2.19 bits per heavy atom. The number of carbonyl (C=O) groups excluding carboxylic acids is 1. The van der Waals surface area contributed by atoms with E-state index in [1.165, 1.54) is 20.9 Å². The van der Waals surface area contributed by atoms with Crippen LogP contribution in [0.3, 0.4) is 0 Å². The lowest BCUT2D eigenvalue weighted by Gasteiger charge is -2.33. The molecule has 1 unspecified atom stereocenters. The Morgan fingerprint density at radius 3 is 2.88 bits per heavy atom. The van der Waals surface area contributed by atoms with E-state index in [0.717, 1.165) is 24.8 Å². The molecule has 0 aliphatic heterocycles. The molecule has 3 aromatic rings. The Bertz CT molecular complexity index is 1030. The zero-order valence-electron chi connectivity index (χ0n) is 15.1.